The molecule has 0 unspecified atom stereocenters. The second kappa shape index (κ2) is 13.7. The monoisotopic (exact) mass is 533 g/mol. The topological polar surface area (TPSA) is 77.5 Å². The van der Waals surface area contributed by atoms with Gasteiger partial charge in [-0.2, -0.15) is 0 Å². The molecule has 7 nitrogen and oxygen atoms in total. The maximum atomic E-state index is 13.5. The van der Waals surface area contributed by atoms with Crippen molar-refractivity contribution < 1.29 is 28.8 Å². The van der Waals surface area contributed by atoms with Gasteiger partial charge in [0.05, 0.1) is 45.1 Å². The molecule has 1 amide bonds. The van der Waals surface area contributed by atoms with Crippen molar-refractivity contribution in [1.82, 2.24) is 4.90 Å². The van der Waals surface area contributed by atoms with E-state index in [4.69, 9.17) is 18.9 Å². The van der Waals surface area contributed by atoms with Gasteiger partial charge in [-0.15, -0.1) is 0 Å². The highest BCUT2D eigenvalue weighted by Crippen LogP contribution is 2.33. The zero-order valence-corrected chi connectivity index (χ0v) is 22.9. The van der Waals surface area contributed by atoms with Crippen molar-refractivity contribution in [1.29, 1.82) is 0 Å². The van der Waals surface area contributed by atoms with Gasteiger partial charge in [0.2, 0.25) is 0 Å². The Morgan fingerprint density at radius 1 is 0.718 bits per heavy atom. The van der Waals surface area contributed by atoms with Crippen molar-refractivity contribution in [3.8, 4) is 0 Å². The van der Waals surface area contributed by atoms with Gasteiger partial charge >= 0.3 is 6.09 Å². The second-order valence-electron chi connectivity index (χ2n) is 10.7. The first-order chi connectivity index (χ1) is 18.9. The fourth-order valence-corrected chi connectivity index (χ4v) is 4.77. The first kappa shape index (κ1) is 28.8. The molecule has 208 valence electrons. The van der Waals surface area contributed by atoms with Crippen LogP contribution in [-0.2, 0) is 38.8 Å². The summed E-state index contributed by atoms with van der Waals surface area (Å²) in [6.45, 7) is 6.37. The summed E-state index contributed by atoms with van der Waals surface area (Å²) in [6, 6.07) is 28.3. The number of carbonyl (C=O) groups is 1. The van der Waals surface area contributed by atoms with E-state index in [0.29, 0.717) is 19.8 Å². The molecular weight excluding hydrogens is 494 g/mol. The van der Waals surface area contributed by atoms with Gasteiger partial charge < -0.3 is 24.1 Å². The molecule has 1 aliphatic heterocycles. The SMILES string of the molecule is CC(C)(C)OC(=O)N1[C@H](CO)[C@@H](OCc2ccccc2)[C@H](OCc2ccccc2)[C@H]1COCc1ccccc1. The quantitative estimate of drug-likeness (QED) is 0.358. The number of rotatable bonds is 11. The highest BCUT2D eigenvalue weighted by Gasteiger charge is 2.53. The number of aliphatic hydroxyl groups is 1. The highest BCUT2D eigenvalue weighted by atomic mass is 16.6. The van der Waals surface area contributed by atoms with Crippen LogP contribution in [0.3, 0.4) is 0 Å². The molecule has 4 atom stereocenters. The van der Waals surface area contributed by atoms with Gasteiger partial charge in [-0.25, -0.2) is 4.79 Å². The lowest BCUT2D eigenvalue weighted by Crippen LogP contribution is -2.49. The number of hydrogen-bond donors (Lipinski definition) is 1. The Labute approximate surface area is 231 Å². The van der Waals surface area contributed by atoms with E-state index < -0.39 is 36.0 Å². The maximum absolute atomic E-state index is 13.5. The molecule has 7 heteroatoms. The average Bonchev–Trinajstić information content (AvgIpc) is 3.23. The van der Waals surface area contributed by atoms with Gasteiger partial charge in [0.1, 0.15) is 17.8 Å². The van der Waals surface area contributed by atoms with Crippen molar-refractivity contribution in [2.45, 2.75) is 70.5 Å². The van der Waals surface area contributed by atoms with Crippen LogP contribution in [0.4, 0.5) is 4.79 Å². The van der Waals surface area contributed by atoms with Gasteiger partial charge in [0.25, 0.3) is 0 Å². The number of aliphatic hydroxyl groups excluding tert-OH is 1. The van der Waals surface area contributed by atoms with Crippen LogP contribution in [0.1, 0.15) is 37.5 Å². The van der Waals surface area contributed by atoms with Crippen molar-refractivity contribution in [3.63, 3.8) is 0 Å². The lowest BCUT2D eigenvalue weighted by molar-refractivity contribution is -0.0888. The summed E-state index contributed by atoms with van der Waals surface area (Å²) in [5.74, 6) is 0. The molecule has 3 aromatic carbocycles. The molecular formula is C32H39NO6. The van der Waals surface area contributed by atoms with Crippen LogP contribution < -0.4 is 0 Å². The number of likely N-dealkylation sites (tertiary alicyclic amines) is 1. The van der Waals surface area contributed by atoms with E-state index in [1.165, 1.54) is 0 Å². The normalized spacial score (nSPS) is 21.2. The van der Waals surface area contributed by atoms with Crippen LogP contribution in [0.2, 0.25) is 0 Å². The Balaban J connectivity index is 1.61. The number of hydrogen-bond acceptors (Lipinski definition) is 6. The fraction of sp³-hybridized carbons (Fsp3) is 0.406. The van der Waals surface area contributed by atoms with Crippen LogP contribution in [0.5, 0.6) is 0 Å². The molecule has 0 bridgehead atoms. The summed E-state index contributed by atoms with van der Waals surface area (Å²) in [4.78, 5) is 15.1. The van der Waals surface area contributed by atoms with E-state index in [1.807, 2.05) is 112 Å². The van der Waals surface area contributed by atoms with Crippen LogP contribution >= 0.6 is 0 Å². The second-order valence-corrected chi connectivity index (χ2v) is 10.7. The van der Waals surface area contributed by atoms with E-state index in [9.17, 15) is 9.90 Å². The highest BCUT2D eigenvalue weighted by molar-refractivity contribution is 5.70. The lowest BCUT2D eigenvalue weighted by atomic mass is 10.1. The summed E-state index contributed by atoms with van der Waals surface area (Å²) >= 11 is 0. The summed E-state index contributed by atoms with van der Waals surface area (Å²) in [5.41, 5.74) is 2.30. The third-order valence-corrected chi connectivity index (χ3v) is 6.56. The predicted molar refractivity (Wildman–Crippen MR) is 149 cm³/mol. The van der Waals surface area contributed by atoms with E-state index >= 15 is 0 Å². The molecule has 1 N–H and O–H groups in total. The van der Waals surface area contributed by atoms with Crippen LogP contribution in [-0.4, -0.2) is 59.2 Å². The summed E-state index contributed by atoms with van der Waals surface area (Å²) < 4.78 is 24.8. The smallest absolute Gasteiger partial charge is 0.411 e. The number of nitrogens with zero attached hydrogens (tertiary/aromatic N) is 1. The van der Waals surface area contributed by atoms with Gasteiger partial charge in [0, 0.05) is 0 Å². The number of amides is 1. The van der Waals surface area contributed by atoms with E-state index in [0.717, 1.165) is 16.7 Å². The van der Waals surface area contributed by atoms with Gasteiger partial charge in [-0.3, -0.25) is 4.90 Å². The minimum absolute atomic E-state index is 0.190. The Hall–Kier alpha value is -3.23. The predicted octanol–water partition coefficient (Wildman–Crippen LogP) is 5.35. The average molecular weight is 534 g/mol. The van der Waals surface area contributed by atoms with Crippen LogP contribution in [0.15, 0.2) is 91.0 Å². The molecule has 39 heavy (non-hydrogen) atoms. The van der Waals surface area contributed by atoms with E-state index in [1.54, 1.807) is 4.90 Å². The van der Waals surface area contributed by atoms with Gasteiger partial charge in [-0.1, -0.05) is 91.0 Å². The molecule has 3 aromatic rings. The van der Waals surface area contributed by atoms with Gasteiger partial charge in [-0.05, 0) is 37.5 Å². The lowest BCUT2D eigenvalue weighted by Gasteiger charge is -2.32. The first-order valence-corrected chi connectivity index (χ1v) is 13.4. The third kappa shape index (κ3) is 8.13. The summed E-state index contributed by atoms with van der Waals surface area (Å²) in [7, 11) is 0. The van der Waals surface area contributed by atoms with Crippen LogP contribution in [0, 0.1) is 0 Å². The number of ether oxygens (including phenoxy) is 4. The minimum atomic E-state index is -0.712. The van der Waals surface area contributed by atoms with Gasteiger partial charge in [0.15, 0.2) is 0 Å². The van der Waals surface area contributed by atoms with Crippen molar-refractivity contribution >= 4 is 6.09 Å². The Morgan fingerprint density at radius 3 is 1.59 bits per heavy atom. The third-order valence-electron chi connectivity index (χ3n) is 6.56. The molecule has 0 radical (unpaired) electrons. The zero-order valence-electron chi connectivity index (χ0n) is 22.9. The molecule has 0 spiro atoms. The standard InChI is InChI=1S/C32H39NO6/c1-32(2,3)39-31(35)33-27(19-34)29(37-21-25-15-9-5-10-16-25)30(38-22-26-17-11-6-12-18-26)28(33)23-36-20-24-13-7-4-8-14-24/h4-18,27-30,34H,19-23H2,1-3H3/t27-,28-,29-,30-/m1/s1. The summed E-state index contributed by atoms with van der Waals surface area (Å²) in [5, 5.41) is 10.5. The number of benzene rings is 3. The molecule has 0 aromatic heterocycles. The molecule has 4 rings (SSSR count). The molecule has 1 fully saturated rings. The minimum Gasteiger partial charge on any atom is -0.444 e. The van der Waals surface area contributed by atoms with E-state index in [-0.39, 0.29) is 13.2 Å². The van der Waals surface area contributed by atoms with Crippen molar-refractivity contribution in [2.24, 2.45) is 0 Å². The maximum Gasteiger partial charge on any atom is 0.411 e. The molecule has 1 heterocycles. The summed E-state index contributed by atoms with van der Waals surface area (Å²) in [6.07, 6.45) is -1.69. The van der Waals surface area contributed by atoms with Crippen LogP contribution in [0.25, 0.3) is 0 Å². The Bertz CT molecular complexity index is 1140. The molecule has 1 aliphatic rings. The molecule has 1 saturated heterocycles. The first-order valence-electron chi connectivity index (χ1n) is 13.4. The zero-order chi connectivity index (χ0) is 27.7. The van der Waals surface area contributed by atoms with Crippen molar-refractivity contribution in [2.75, 3.05) is 13.2 Å². The molecule has 0 aliphatic carbocycles. The molecule has 0 saturated carbocycles. The fourth-order valence-electron chi connectivity index (χ4n) is 4.77. The van der Waals surface area contributed by atoms with Crippen molar-refractivity contribution in [3.05, 3.63) is 108 Å². The van der Waals surface area contributed by atoms with E-state index in [2.05, 4.69) is 0 Å². The Kier molecular flexibility index (Phi) is 10.1. The number of carbonyl (C=O) groups excluding carboxylic acids is 1. The Morgan fingerprint density at radius 2 is 1.15 bits per heavy atom. The largest absolute Gasteiger partial charge is 0.444 e.